The van der Waals surface area contributed by atoms with Crippen molar-refractivity contribution in [1.82, 2.24) is 4.90 Å². The fourth-order valence-corrected chi connectivity index (χ4v) is 5.27. The van der Waals surface area contributed by atoms with Gasteiger partial charge in [-0.15, -0.1) is 0 Å². The number of ether oxygens (including phenoxy) is 2. The highest BCUT2D eigenvalue weighted by Gasteiger charge is 2.62. The number of esters is 1. The molecule has 0 radical (unpaired) electrons. The zero-order valence-electron chi connectivity index (χ0n) is 16.0. The largest absolute Gasteiger partial charge is 0.497 e. The summed E-state index contributed by atoms with van der Waals surface area (Å²) >= 11 is 5.90. The molecule has 1 N–H and O–H groups in total. The van der Waals surface area contributed by atoms with Crippen molar-refractivity contribution in [3.63, 3.8) is 0 Å². The van der Waals surface area contributed by atoms with E-state index in [1.807, 2.05) is 54.6 Å². The van der Waals surface area contributed by atoms with Gasteiger partial charge in [-0.25, -0.2) is 0 Å². The van der Waals surface area contributed by atoms with Crippen LogP contribution in [0.3, 0.4) is 0 Å². The summed E-state index contributed by atoms with van der Waals surface area (Å²) in [5, 5.41) is 11.2. The van der Waals surface area contributed by atoms with Crippen molar-refractivity contribution < 1.29 is 19.4 Å². The van der Waals surface area contributed by atoms with Crippen molar-refractivity contribution >= 4 is 29.0 Å². The third kappa shape index (κ3) is 2.88. The second kappa shape index (κ2) is 7.00. The molecule has 2 aromatic rings. The van der Waals surface area contributed by atoms with Crippen molar-refractivity contribution in [3.05, 3.63) is 60.2 Å². The molecule has 4 fully saturated rings. The van der Waals surface area contributed by atoms with E-state index >= 15 is 0 Å². The first-order chi connectivity index (χ1) is 14.1. The molecular formula is C22H22N2O4S. The van der Waals surface area contributed by atoms with Crippen LogP contribution in [0.2, 0.25) is 0 Å². The van der Waals surface area contributed by atoms with Gasteiger partial charge in [-0.1, -0.05) is 30.3 Å². The topological polar surface area (TPSA) is 62.2 Å². The summed E-state index contributed by atoms with van der Waals surface area (Å²) < 4.78 is 10.9. The lowest BCUT2D eigenvalue weighted by Crippen LogP contribution is -2.66. The van der Waals surface area contributed by atoms with E-state index in [2.05, 4.69) is 9.80 Å². The zero-order valence-corrected chi connectivity index (χ0v) is 16.8. The minimum Gasteiger partial charge on any atom is -0.497 e. The maximum absolute atomic E-state index is 12.5. The predicted molar refractivity (Wildman–Crippen MR) is 112 cm³/mol. The van der Waals surface area contributed by atoms with E-state index in [0.717, 1.165) is 17.0 Å². The predicted octanol–water partition coefficient (Wildman–Crippen LogP) is 2.35. The SMILES string of the molecule is COc1ccc(CN2C(=S)N(c3ccccc3)[C@H]3[C@@H]2[C@H]2OC(=O)[C@H]3C[C@H]2O)cc1. The third-order valence-corrected chi connectivity index (χ3v) is 6.62. The summed E-state index contributed by atoms with van der Waals surface area (Å²) in [6, 6.07) is 17.4. The van der Waals surface area contributed by atoms with E-state index < -0.39 is 18.1 Å². The maximum atomic E-state index is 12.5. The van der Waals surface area contributed by atoms with Gasteiger partial charge in [-0.05, 0) is 48.5 Å². The van der Waals surface area contributed by atoms with Crippen LogP contribution in [0, 0.1) is 5.92 Å². The van der Waals surface area contributed by atoms with Gasteiger partial charge in [0, 0.05) is 12.2 Å². The van der Waals surface area contributed by atoms with Crippen LogP contribution in [0.25, 0.3) is 0 Å². The van der Waals surface area contributed by atoms with Gasteiger partial charge in [0.05, 0.1) is 31.2 Å². The van der Waals surface area contributed by atoms with Gasteiger partial charge < -0.3 is 24.4 Å². The van der Waals surface area contributed by atoms with Gasteiger partial charge in [-0.3, -0.25) is 4.79 Å². The van der Waals surface area contributed by atoms with Crippen LogP contribution in [0.15, 0.2) is 54.6 Å². The third-order valence-electron chi connectivity index (χ3n) is 6.18. The average molecular weight is 410 g/mol. The number of aliphatic hydroxyl groups excluding tert-OH is 1. The molecule has 0 amide bonds. The minimum absolute atomic E-state index is 0.141. The van der Waals surface area contributed by atoms with E-state index in [-0.39, 0.29) is 18.1 Å². The number of rotatable bonds is 4. The fraction of sp³-hybridized carbons (Fsp3) is 0.364. The van der Waals surface area contributed by atoms with Gasteiger partial charge in [0.25, 0.3) is 0 Å². The second-order valence-electron chi connectivity index (χ2n) is 7.76. The smallest absolute Gasteiger partial charge is 0.311 e. The molecule has 150 valence electrons. The average Bonchev–Trinajstić information content (AvgIpc) is 3.03. The van der Waals surface area contributed by atoms with E-state index in [1.165, 1.54) is 0 Å². The second-order valence-corrected chi connectivity index (χ2v) is 8.12. The highest BCUT2D eigenvalue weighted by molar-refractivity contribution is 7.80. The maximum Gasteiger partial charge on any atom is 0.311 e. The van der Waals surface area contributed by atoms with Crippen molar-refractivity contribution in [1.29, 1.82) is 0 Å². The van der Waals surface area contributed by atoms with Gasteiger partial charge in [0.1, 0.15) is 11.9 Å². The number of aliphatic hydroxyl groups is 1. The van der Waals surface area contributed by atoms with E-state index in [4.69, 9.17) is 21.7 Å². The standard InChI is InChI=1S/C22H22N2O4S/c1-27-15-9-7-13(8-10-15)12-23-19-18(16-11-17(25)20(19)28-21(16)26)24(22(23)29)14-5-3-2-4-6-14/h2-10,16-20,25H,11-12H2,1H3/t16-,17+,18+,19+,20-/m0/s1. The summed E-state index contributed by atoms with van der Waals surface area (Å²) in [7, 11) is 1.64. The number of benzene rings is 2. The Kier molecular flexibility index (Phi) is 4.44. The molecule has 4 aliphatic rings. The molecule has 1 aliphatic carbocycles. The van der Waals surface area contributed by atoms with Crippen LogP contribution in [0.5, 0.6) is 5.75 Å². The zero-order chi connectivity index (χ0) is 20.1. The number of fused-ring (bicyclic) bond motifs is 2. The molecule has 6 nitrogen and oxygen atoms in total. The molecule has 3 heterocycles. The number of methoxy groups -OCH3 is 1. The quantitative estimate of drug-likeness (QED) is 0.613. The Labute approximate surface area is 174 Å². The highest BCUT2D eigenvalue weighted by Crippen LogP contribution is 2.46. The first-order valence-corrected chi connectivity index (χ1v) is 10.2. The van der Waals surface area contributed by atoms with Crippen molar-refractivity contribution in [3.8, 4) is 5.75 Å². The first-order valence-electron chi connectivity index (χ1n) is 9.75. The molecule has 1 saturated carbocycles. The number of hydrogen-bond acceptors (Lipinski definition) is 5. The molecule has 3 saturated heterocycles. The summed E-state index contributed by atoms with van der Waals surface area (Å²) in [6.07, 6.45) is -0.842. The summed E-state index contributed by atoms with van der Waals surface area (Å²) in [4.78, 5) is 16.7. The molecule has 0 unspecified atom stereocenters. The normalized spacial score (nSPS) is 30.3. The number of para-hydroxylation sites is 1. The molecule has 0 spiro atoms. The molecule has 29 heavy (non-hydrogen) atoms. The van der Waals surface area contributed by atoms with Crippen LogP contribution in [0.4, 0.5) is 5.69 Å². The molecule has 7 heteroatoms. The first kappa shape index (κ1) is 18.4. The van der Waals surface area contributed by atoms with Gasteiger partial charge in [-0.2, -0.15) is 0 Å². The highest BCUT2D eigenvalue weighted by atomic mass is 32.1. The van der Waals surface area contributed by atoms with Crippen molar-refractivity contribution in [2.75, 3.05) is 12.0 Å². The Bertz CT molecular complexity index is 936. The van der Waals surface area contributed by atoms with E-state index in [0.29, 0.717) is 18.1 Å². The Balaban J connectivity index is 1.54. The lowest BCUT2D eigenvalue weighted by molar-refractivity contribution is -0.194. The van der Waals surface area contributed by atoms with E-state index in [9.17, 15) is 9.90 Å². The number of thiocarbonyl (C=S) groups is 1. The fourth-order valence-electron chi connectivity index (χ4n) is 4.86. The molecule has 3 aliphatic heterocycles. The molecule has 5 atom stereocenters. The Morgan fingerprint density at radius 2 is 1.86 bits per heavy atom. The number of anilines is 1. The molecule has 2 bridgehead atoms. The summed E-state index contributed by atoms with van der Waals surface area (Å²) in [5.74, 6) is 0.151. The molecule has 2 aromatic carbocycles. The van der Waals surface area contributed by atoms with Gasteiger partial charge in [0.2, 0.25) is 0 Å². The Hall–Kier alpha value is -2.64. The number of carbonyl (C=O) groups is 1. The molecule has 6 rings (SSSR count). The minimum atomic E-state index is -0.671. The van der Waals surface area contributed by atoms with Crippen LogP contribution >= 0.6 is 12.2 Å². The van der Waals surface area contributed by atoms with Crippen molar-refractivity contribution in [2.24, 2.45) is 5.92 Å². The van der Waals surface area contributed by atoms with Crippen LogP contribution in [-0.2, 0) is 16.1 Å². The summed E-state index contributed by atoms with van der Waals surface area (Å²) in [6.45, 7) is 0.570. The molecular weight excluding hydrogens is 388 g/mol. The van der Waals surface area contributed by atoms with Crippen molar-refractivity contribution in [2.45, 2.75) is 37.3 Å². The van der Waals surface area contributed by atoms with Gasteiger partial charge in [0.15, 0.2) is 5.11 Å². The monoisotopic (exact) mass is 410 g/mol. The van der Waals surface area contributed by atoms with Crippen LogP contribution < -0.4 is 9.64 Å². The van der Waals surface area contributed by atoms with Crippen LogP contribution in [-0.4, -0.2) is 52.5 Å². The van der Waals surface area contributed by atoms with E-state index in [1.54, 1.807) is 7.11 Å². The number of carbonyl (C=O) groups excluding carboxylic acids is 1. The van der Waals surface area contributed by atoms with Gasteiger partial charge >= 0.3 is 5.97 Å². The Morgan fingerprint density at radius 3 is 2.55 bits per heavy atom. The lowest BCUT2D eigenvalue weighted by atomic mass is 9.74. The van der Waals surface area contributed by atoms with Crippen LogP contribution in [0.1, 0.15) is 12.0 Å². The number of hydrogen-bond donors (Lipinski definition) is 1. The molecule has 0 aromatic heterocycles. The summed E-state index contributed by atoms with van der Waals surface area (Å²) in [5.41, 5.74) is 2.03. The lowest BCUT2D eigenvalue weighted by Gasteiger charge is -2.49. The number of nitrogens with zero attached hydrogens (tertiary/aromatic N) is 2. The Morgan fingerprint density at radius 1 is 1.14 bits per heavy atom.